The Balaban J connectivity index is 3.33. The summed E-state index contributed by atoms with van der Waals surface area (Å²) in [5, 5.41) is 13.3. The number of rotatable bonds is 1. The van der Waals surface area contributed by atoms with Gasteiger partial charge in [0.25, 0.3) is 0 Å². The molecule has 0 aromatic carbocycles. The number of amidine groups is 1. The predicted molar refractivity (Wildman–Crippen MR) is 34.9 cm³/mol. The van der Waals surface area contributed by atoms with Crippen molar-refractivity contribution in [3.63, 3.8) is 0 Å². The molecule has 0 unspecified atom stereocenters. The van der Waals surface area contributed by atoms with Gasteiger partial charge in [0.1, 0.15) is 0 Å². The summed E-state index contributed by atoms with van der Waals surface area (Å²) in [5.74, 6) is 5.50. The van der Waals surface area contributed by atoms with E-state index < -0.39 is 0 Å². The van der Waals surface area contributed by atoms with E-state index in [4.69, 9.17) is 5.41 Å². The fourth-order valence-corrected chi connectivity index (χ4v) is 0.596. The van der Waals surface area contributed by atoms with Crippen molar-refractivity contribution in [3.8, 4) is 0 Å². The van der Waals surface area contributed by atoms with E-state index in [0.717, 1.165) is 5.75 Å². The molecular formula is C3H8N4S. The van der Waals surface area contributed by atoms with Crippen molar-refractivity contribution < 1.29 is 0 Å². The zero-order valence-corrected chi connectivity index (χ0v) is 5.40. The van der Waals surface area contributed by atoms with E-state index in [-0.39, 0.29) is 5.17 Å². The molecule has 0 rings (SSSR count). The number of hydrogen-bond acceptors (Lipinski definition) is 3. The SMILES string of the molecule is CCSC(=N)/N=N\N. The van der Waals surface area contributed by atoms with Crippen LogP contribution in [-0.4, -0.2) is 10.9 Å². The molecular weight excluding hydrogens is 124 g/mol. The van der Waals surface area contributed by atoms with Crippen molar-refractivity contribution in [2.24, 2.45) is 16.2 Å². The molecule has 0 aromatic heterocycles. The third kappa shape index (κ3) is 3.60. The molecule has 0 atom stereocenters. The average molecular weight is 132 g/mol. The highest BCUT2D eigenvalue weighted by Crippen LogP contribution is 2.00. The van der Waals surface area contributed by atoms with E-state index in [1.807, 2.05) is 6.92 Å². The summed E-state index contributed by atoms with van der Waals surface area (Å²) in [7, 11) is 0. The largest absolute Gasteiger partial charge is 0.304 e. The number of thioether (sulfide) groups is 1. The van der Waals surface area contributed by atoms with Crippen LogP contribution < -0.4 is 5.84 Å². The highest BCUT2D eigenvalue weighted by atomic mass is 32.2. The lowest BCUT2D eigenvalue weighted by molar-refractivity contribution is 1.08. The Kier molecular flexibility index (Phi) is 4.24. The molecule has 0 bridgehead atoms. The van der Waals surface area contributed by atoms with Gasteiger partial charge in [0, 0.05) is 0 Å². The smallest absolute Gasteiger partial charge is 0.203 e. The lowest BCUT2D eigenvalue weighted by Gasteiger charge is -1.86. The summed E-state index contributed by atoms with van der Waals surface area (Å²) in [4.78, 5) is 0. The number of nitrogens with two attached hydrogens (primary N) is 1. The van der Waals surface area contributed by atoms with Crippen LogP contribution >= 0.6 is 11.8 Å². The van der Waals surface area contributed by atoms with Gasteiger partial charge in [0.15, 0.2) is 0 Å². The van der Waals surface area contributed by atoms with E-state index in [1.165, 1.54) is 11.8 Å². The molecule has 5 heteroatoms. The quantitative estimate of drug-likeness (QED) is 0.183. The number of nitrogens with zero attached hydrogens (tertiary/aromatic N) is 2. The molecule has 3 N–H and O–H groups in total. The van der Waals surface area contributed by atoms with Crippen molar-refractivity contribution in [1.29, 1.82) is 5.41 Å². The Morgan fingerprint density at radius 1 is 1.88 bits per heavy atom. The van der Waals surface area contributed by atoms with Gasteiger partial charge in [0.2, 0.25) is 5.17 Å². The van der Waals surface area contributed by atoms with Gasteiger partial charge in [0.05, 0.1) is 0 Å². The van der Waals surface area contributed by atoms with Gasteiger partial charge in [-0.25, -0.2) is 0 Å². The van der Waals surface area contributed by atoms with Crippen LogP contribution in [0.15, 0.2) is 10.3 Å². The predicted octanol–water partition coefficient (Wildman–Crippen LogP) is 1.00. The molecule has 0 aliphatic heterocycles. The van der Waals surface area contributed by atoms with E-state index in [2.05, 4.69) is 16.2 Å². The standard InChI is InChI=1S/C3H8N4S/c1-2-8-3(4)6-7-5/h2H2,1H3,(H3,4,5,6). The van der Waals surface area contributed by atoms with Crippen molar-refractivity contribution >= 4 is 16.9 Å². The summed E-state index contributed by atoms with van der Waals surface area (Å²) in [6.45, 7) is 1.94. The molecule has 0 aliphatic rings. The first-order chi connectivity index (χ1) is 3.81. The third-order valence-corrected chi connectivity index (χ3v) is 1.07. The van der Waals surface area contributed by atoms with E-state index in [1.54, 1.807) is 0 Å². The summed E-state index contributed by atoms with van der Waals surface area (Å²) < 4.78 is 0. The Bertz CT molecular complexity index is 99.5. The lowest BCUT2D eigenvalue weighted by atomic mass is 11.0. The Morgan fingerprint density at radius 2 is 2.50 bits per heavy atom. The van der Waals surface area contributed by atoms with Crippen LogP contribution in [-0.2, 0) is 0 Å². The fourth-order valence-electron chi connectivity index (χ4n) is 0.218. The molecule has 0 saturated heterocycles. The Hall–Kier alpha value is -0.580. The molecule has 0 heterocycles. The van der Waals surface area contributed by atoms with Crippen LogP contribution in [0.4, 0.5) is 0 Å². The molecule has 0 aliphatic carbocycles. The van der Waals surface area contributed by atoms with E-state index >= 15 is 0 Å². The van der Waals surface area contributed by atoms with Crippen LogP contribution in [0.1, 0.15) is 6.92 Å². The summed E-state index contributed by atoms with van der Waals surface area (Å²) in [6.07, 6.45) is 0. The van der Waals surface area contributed by atoms with E-state index in [9.17, 15) is 0 Å². The molecule has 0 amide bonds. The first kappa shape index (κ1) is 7.42. The van der Waals surface area contributed by atoms with Crippen LogP contribution in [0, 0.1) is 5.41 Å². The van der Waals surface area contributed by atoms with Crippen molar-refractivity contribution in [2.45, 2.75) is 6.92 Å². The zero-order valence-electron chi connectivity index (χ0n) is 4.59. The molecule has 0 spiro atoms. The molecule has 0 fully saturated rings. The number of nitrogens with one attached hydrogen (secondary N) is 1. The third-order valence-electron chi connectivity index (χ3n) is 0.430. The van der Waals surface area contributed by atoms with Crippen LogP contribution in [0.2, 0.25) is 0 Å². The minimum absolute atomic E-state index is 0.162. The molecule has 0 radical (unpaired) electrons. The van der Waals surface area contributed by atoms with Crippen LogP contribution in [0.25, 0.3) is 0 Å². The van der Waals surface area contributed by atoms with Gasteiger partial charge >= 0.3 is 0 Å². The number of hydrogen-bond donors (Lipinski definition) is 2. The van der Waals surface area contributed by atoms with Gasteiger partial charge in [-0.15, -0.1) is 5.11 Å². The van der Waals surface area contributed by atoms with Gasteiger partial charge < -0.3 is 5.84 Å². The van der Waals surface area contributed by atoms with Crippen molar-refractivity contribution in [2.75, 3.05) is 5.75 Å². The maximum absolute atomic E-state index is 6.91. The zero-order chi connectivity index (χ0) is 6.41. The second kappa shape index (κ2) is 4.58. The van der Waals surface area contributed by atoms with Gasteiger partial charge in [-0.05, 0) is 5.75 Å². The molecule has 46 valence electrons. The summed E-state index contributed by atoms with van der Waals surface area (Å²) >= 11 is 1.30. The normalized spacial score (nSPS) is 10.1. The van der Waals surface area contributed by atoms with Crippen LogP contribution in [0.5, 0.6) is 0 Å². The maximum Gasteiger partial charge on any atom is 0.203 e. The lowest BCUT2D eigenvalue weighted by Crippen LogP contribution is -1.85. The van der Waals surface area contributed by atoms with Crippen LogP contribution in [0.3, 0.4) is 0 Å². The highest BCUT2D eigenvalue weighted by molar-refractivity contribution is 8.13. The van der Waals surface area contributed by atoms with Gasteiger partial charge in [-0.3, -0.25) is 5.41 Å². The highest BCUT2D eigenvalue weighted by Gasteiger charge is 1.87. The van der Waals surface area contributed by atoms with Crippen molar-refractivity contribution in [3.05, 3.63) is 0 Å². The summed E-state index contributed by atoms with van der Waals surface area (Å²) in [5.41, 5.74) is 0. The minimum atomic E-state index is 0.162. The Morgan fingerprint density at radius 3 is 2.88 bits per heavy atom. The summed E-state index contributed by atoms with van der Waals surface area (Å²) in [6, 6.07) is 0. The Labute approximate surface area is 52.0 Å². The first-order valence-corrected chi connectivity index (χ1v) is 3.12. The minimum Gasteiger partial charge on any atom is -0.304 e. The second-order valence-electron chi connectivity index (χ2n) is 0.954. The monoisotopic (exact) mass is 132 g/mol. The molecule has 0 saturated carbocycles. The maximum atomic E-state index is 6.91. The first-order valence-electron chi connectivity index (χ1n) is 2.13. The van der Waals surface area contributed by atoms with Gasteiger partial charge in [-0.1, -0.05) is 23.9 Å². The van der Waals surface area contributed by atoms with Gasteiger partial charge in [-0.2, -0.15) is 0 Å². The topological polar surface area (TPSA) is 74.6 Å². The molecule has 4 nitrogen and oxygen atoms in total. The average Bonchev–Trinajstić information content (AvgIpc) is 1.68. The molecule has 8 heavy (non-hydrogen) atoms. The fraction of sp³-hybridized carbons (Fsp3) is 0.667. The van der Waals surface area contributed by atoms with E-state index in [0.29, 0.717) is 0 Å². The molecule has 0 aromatic rings. The second-order valence-corrected chi connectivity index (χ2v) is 2.21. The van der Waals surface area contributed by atoms with Crippen molar-refractivity contribution in [1.82, 2.24) is 0 Å².